The van der Waals surface area contributed by atoms with E-state index in [1.54, 1.807) is 0 Å². The molecule has 20 heavy (non-hydrogen) atoms. The highest BCUT2D eigenvalue weighted by atomic mass is 16.5. The first-order valence-corrected chi connectivity index (χ1v) is 7.98. The average Bonchev–Trinajstić information content (AvgIpc) is 2.65. The number of likely N-dealkylation sites (tertiary alicyclic amines) is 1. The van der Waals surface area contributed by atoms with Gasteiger partial charge in [-0.2, -0.15) is 0 Å². The molecule has 2 aliphatic heterocycles. The van der Waals surface area contributed by atoms with Crippen LogP contribution in [0.1, 0.15) is 39.0 Å². The molecule has 0 bridgehead atoms. The Hall–Kier alpha value is -0.650. The molecule has 0 aromatic rings. The van der Waals surface area contributed by atoms with Crippen molar-refractivity contribution in [1.29, 1.82) is 0 Å². The zero-order valence-electron chi connectivity index (χ0n) is 12.6. The van der Waals surface area contributed by atoms with Crippen LogP contribution >= 0.6 is 0 Å². The number of hydrogen-bond acceptors (Lipinski definition) is 4. The van der Waals surface area contributed by atoms with Crippen molar-refractivity contribution in [2.24, 2.45) is 0 Å². The number of ether oxygens (including phenoxy) is 1. The monoisotopic (exact) mass is 284 g/mol. The fourth-order valence-electron chi connectivity index (χ4n) is 3.54. The Bertz CT molecular complexity index is 311. The molecule has 0 aromatic heterocycles. The van der Waals surface area contributed by atoms with E-state index < -0.39 is 5.97 Å². The molecular formula is C15H28N2O3. The number of carbonyl (C=O) groups is 1. The third-order valence-electron chi connectivity index (χ3n) is 4.48. The minimum Gasteiger partial charge on any atom is -0.481 e. The van der Waals surface area contributed by atoms with Crippen LogP contribution in [0.15, 0.2) is 0 Å². The van der Waals surface area contributed by atoms with Crippen molar-refractivity contribution in [3.05, 3.63) is 0 Å². The third-order valence-corrected chi connectivity index (χ3v) is 4.48. The second-order valence-corrected chi connectivity index (χ2v) is 5.99. The smallest absolute Gasteiger partial charge is 0.305 e. The van der Waals surface area contributed by atoms with Gasteiger partial charge in [-0.1, -0.05) is 6.92 Å². The Morgan fingerprint density at radius 3 is 2.90 bits per heavy atom. The average molecular weight is 284 g/mol. The lowest BCUT2D eigenvalue weighted by Crippen LogP contribution is -2.51. The number of hydrogen-bond donors (Lipinski definition) is 1. The first-order chi connectivity index (χ1) is 9.70. The lowest BCUT2D eigenvalue weighted by Gasteiger charge is -2.40. The summed E-state index contributed by atoms with van der Waals surface area (Å²) in [6.45, 7) is 7.96. The quantitative estimate of drug-likeness (QED) is 0.827. The van der Waals surface area contributed by atoms with Crippen molar-refractivity contribution >= 4 is 5.97 Å². The first-order valence-electron chi connectivity index (χ1n) is 7.98. The van der Waals surface area contributed by atoms with Crippen LogP contribution < -0.4 is 0 Å². The van der Waals surface area contributed by atoms with Crippen LogP contribution in [0.2, 0.25) is 0 Å². The molecule has 2 atom stereocenters. The molecule has 0 radical (unpaired) electrons. The largest absolute Gasteiger partial charge is 0.481 e. The van der Waals surface area contributed by atoms with Gasteiger partial charge in [0.25, 0.3) is 0 Å². The molecule has 116 valence electrons. The van der Waals surface area contributed by atoms with Crippen molar-refractivity contribution < 1.29 is 14.6 Å². The van der Waals surface area contributed by atoms with Gasteiger partial charge in [0.15, 0.2) is 0 Å². The number of carboxylic acid groups (broad SMARTS) is 1. The molecule has 2 aliphatic rings. The SMILES string of the molecule is CCCN1CCCC(N2CCOCC2CC(=O)O)CC1. The lowest BCUT2D eigenvalue weighted by molar-refractivity contribution is -0.141. The molecule has 2 saturated heterocycles. The van der Waals surface area contributed by atoms with E-state index in [0.29, 0.717) is 12.6 Å². The van der Waals surface area contributed by atoms with Gasteiger partial charge in [0.1, 0.15) is 0 Å². The third kappa shape index (κ3) is 4.43. The zero-order valence-corrected chi connectivity index (χ0v) is 12.6. The second-order valence-electron chi connectivity index (χ2n) is 5.99. The minimum absolute atomic E-state index is 0.0592. The van der Waals surface area contributed by atoms with E-state index in [2.05, 4.69) is 16.7 Å². The summed E-state index contributed by atoms with van der Waals surface area (Å²) >= 11 is 0. The Morgan fingerprint density at radius 1 is 1.30 bits per heavy atom. The number of carboxylic acids is 1. The van der Waals surface area contributed by atoms with Crippen LogP contribution in [0, 0.1) is 0 Å². The Kier molecular flexibility index (Phi) is 6.26. The van der Waals surface area contributed by atoms with Crippen LogP contribution in [-0.4, -0.2) is 72.4 Å². The van der Waals surface area contributed by atoms with Gasteiger partial charge in [-0.15, -0.1) is 0 Å². The molecule has 5 nitrogen and oxygen atoms in total. The summed E-state index contributed by atoms with van der Waals surface area (Å²) in [7, 11) is 0. The number of morpholine rings is 1. The normalized spacial score (nSPS) is 30.1. The van der Waals surface area contributed by atoms with Crippen molar-refractivity contribution in [1.82, 2.24) is 9.80 Å². The summed E-state index contributed by atoms with van der Waals surface area (Å²) in [5.41, 5.74) is 0. The highest BCUT2D eigenvalue weighted by molar-refractivity contribution is 5.67. The van der Waals surface area contributed by atoms with E-state index in [1.165, 1.54) is 32.4 Å². The van der Waals surface area contributed by atoms with Crippen molar-refractivity contribution in [3.63, 3.8) is 0 Å². The van der Waals surface area contributed by atoms with Crippen molar-refractivity contribution in [2.75, 3.05) is 39.4 Å². The van der Waals surface area contributed by atoms with Crippen LogP contribution in [-0.2, 0) is 9.53 Å². The molecule has 2 unspecified atom stereocenters. The van der Waals surface area contributed by atoms with Gasteiger partial charge in [0.2, 0.25) is 0 Å². The standard InChI is InChI=1S/C15H28N2O3/c1-2-6-16-7-3-4-13(5-8-16)17-9-10-20-12-14(17)11-15(18)19/h13-14H,2-12H2,1H3,(H,18,19). The Labute approximate surface area is 121 Å². The predicted molar refractivity (Wildman–Crippen MR) is 77.9 cm³/mol. The Morgan fingerprint density at radius 2 is 2.15 bits per heavy atom. The molecule has 0 aromatic carbocycles. The summed E-state index contributed by atoms with van der Waals surface area (Å²) < 4.78 is 5.48. The van der Waals surface area contributed by atoms with Gasteiger partial charge < -0.3 is 14.7 Å². The van der Waals surface area contributed by atoms with Crippen LogP contribution in [0.25, 0.3) is 0 Å². The molecule has 0 aliphatic carbocycles. The van der Waals surface area contributed by atoms with E-state index in [0.717, 1.165) is 26.1 Å². The summed E-state index contributed by atoms with van der Waals surface area (Å²) in [4.78, 5) is 16.0. The molecule has 0 amide bonds. The highest BCUT2D eigenvalue weighted by Gasteiger charge is 2.31. The van der Waals surface area contributed by atoms with E-state index in [-0.39, 0.29) is 12.5 Å². The summed E-state index contributed by atoms with van der Waals surface area (Å²) in [6, 6.07) is 0.592. The van der Waals surface area contributed by atoms with E-state index in [4.69, 9.17) is 9.84 Å². The van der Waals surface area contributed by atoms with Crippen molar-refractivity contribution in [3.8, 4) is 0 Å². The van der Waals surface area contributed by atoms with Crippen LogP contribution in [0.4, 0.5) is 0 Å². The molecule has 1 N–H and O–H groups in total. The van der Waals surface area contributed by atoms with Gasteiger partial charge in [-0.25, -0.2) is 0 Å². The topological polar surface area (TPSA) is 53.0 Å². The van der Waals surface area contributed by atoms with Crippen LogP contribution in [0.5, 0.6) is 0 Å². The summed E-state index contributed by atoms with van der Waals surface area (Å²) in [6.07, 6.45) is 4.99. The second kappa shape index (κ2) is 7.96. The maximum atomic E-state index is 11.0. The number of rotatable bonds is 5. The number of nitrogens with zero attached hydrogens (tertiary/aromatic N) is 2. The van der Waals surface area contributed by atoms with E-state index in [9.17, 15) is 4.79 Å². The Balaban J connectivity index is 1.92. The van der Waals surface area contributed by atoms with Crippen molar-refractivity contribution in [2.45, 2.75) is 51.1 Å². The van der Waals surface area contributed by atoms with Gasteiger partial charge in [0.05, 0.1) is 19.6 Å². The predicted octanol–water partition coefficient (Wildman–Crippen LogP) is 1.43. The van der Waals surface area contributed by atoms with Gasteiger partial charge >= 0.3 is 5.97 Å². The van der Waals surface area contributed by atoms with E-state index in [1.807, 2.05) is 0 Å². The highest BCUT2D eigenvalue weighted by Crippen LogP contribution is 2.22. The molecule has 5 heteroatoms. The van der Waals surface area contributed by atoms with Gasteiger partial charge in [0, 0.05) is 18.6 Å². The number of aliphatic carboxylic acids is 1. The molecular weight excluding hydrogens is 256 g/mol. The van der Waals surface area contributed by atoms with Crippen LogP contribution in [0.3, 0.4) is 0 Å². The van der Waals surface area contributed by atoms with E-state index >= 15 is 0 Å². The summed E-state index contributed by atoms with van der Waals surface area (Å²) in [5, 5.41) is 9.06. The molecule has 0 spiro atoms. The zero-order chi connectivity index (χ0) is 14.4. The van der Waals surface area contributed by atoms with Gasteiger partial charge in [-0.05, 0) is 45.3 Å². The summed E-state index contributed by atoms with van der Waals surface area (Å²) in [5.74, 6) is -0.716. The fraction of sp³-hybridized carbons (Fsp3) is 0.933. The fourth-order valence-corrected chi connectivity index (χ4v) is 3.54. The molecule has 2 heterocycles. The molecule has 2 rings (SSSR count). The van der Waals surface area contributed by atoms with Gasteiger partial charge in [-0.3, -0.25) is 9.69 Å². The lowest BCUT2D eigenvalue weighted by atomic mass is 10.0. The molecule has 2 fully saturated rings. The molecule has 0 saturated carbocycles. The maximum Gasteiger partial charge on any atom is 0.305 e. The minimum atomic E-state index is -0.716. The maximum absolute atomic E-state index is 11.0. The first kappa shape index (κ1) is 15.7.